The molecule has 2 aromatic rings. The second-order valence-corrected chi connectivity index (χ2v) is 6.79. The summed E-state index contributed by atoms with van der Waals surface area (Å²) in [5.41, 5.74) is 1.19. The fourth-order valence-electron chi connectivity index (χ4n) is 2.49. The third-order valence-electron chi connectivity index (χ3n) is 3.64. The van der Waals surface area contributed by atoms with Crippen LogP contribution in [0, 0.1) is 0 Å². The Hall–Kier alpha value is -2.71. The first-order valence-electron chi connectivity index (χ1n) is 7.56. The molecule has 1 aliphatic rings. The normalized spacial score (nSPS) is 15.0. The smallest absolute Gasteiger partial charge is 0.285 e. The van der Waals surface area contributed by atoms with Crippen molar-refractivity contribution in [3.8, 4) is 5.75 Å². The molecule has 0 spiro atoms. The highest BCUT2D eigenvalue weighted by Crippen LogP contribution is 2.27. The van der Waals surface area contributed by atoms with E-state index in [1.54, 1.807) is 37.6 Å². The second kappa shape index (κ2) is 7.04. The monoisotopic (exact) mass is 359 g/mol. The summed E-state index contributed by atoms with van der Waals surface area (Å²) in [6.07, 6.45) is 1.55. The van der Waals surface area contributed by atoms with Crippen LogP contribution < -0.4 is 4.74 Å². The number of nitrogens with zero attached hydrogens (tertiary/aromatic N) is 3. The molecular weight excluding hydrogens is 342 g/mol. The molecule has 0 aliphatic carbocycles. The zero-order valence-corrected chi connectivity index (χ0v) is 14.3. The third kappa shape index (κ3) is 3.40. The number of aliphatic hydroxyl groups is 1. The summed E-state index contributed by atoms with van der Waals surface area (Å²) in [7, 11) is -2.19. The van der Waals surface area contributed by atoms with Crippen LogP contribution in [0.25, 0.3) is 0 Å². The van der Waals surface area contributed by atoms with Crippen molar-refractivity contribution in [2.45, 2.75) is 4.90 Å². The number of hydrogen-bond donors (Lipinski definition) is 1. The van der Waals surface area contributed by atoms with E-state index in [1.807, 2.05) is 18.2 Å². The Kier molecular flexibility index (Phi) is 4.82. The van der Waals surface area contributed by atoms with Crippen LogP contribution in [0.4, 0.5) is 0 Å². The second-order valence-electron chi connectivity index (χ2n) is 5.22. The van der Waals surface area contributed by atoms with Crippen molar-refractivity contribution in [3.05, 3.63) is 59.7 Å². The Morgan fingerprint density at radius 3 is 2.68 bits per heavy atom. The lowest BCUT2D eigenvalue weighted by Crippen LogP contribution is -2.28. The summed E-state index contributed by atoms with van der Waals surface area (Å²) < 4.78 is 33.5. The number of amidine groups is 1. The van der Waals surface area contributed by atoms with Crippen molar-refractivity contribution in [2.75, 3.05) is 20.3 Å². The molecule has 8 heteroatoms. The molecule has 0 unspecified atom stereocenters. The summed E-state index contributed by atoms with van der Waals surface area (Å²) in [6.45, 7) is -0.0984. The van der Waals surface area contributed by atoms with Gasteiger partial charge in [0, 0.05) is 11.1 Å². The van der Waals surface area contributed by atoms with Crippen LogP contribution in [0.2, 0.25) is 0 Å². The van der Waals surface area contributed by atoms with E-state index in [0.717, 1.165) is 5.56 Å². The van der Waals surface area contributed by atoms with Crippen molar-refractivity contribution in [1.29, 1.82) is 0 Å². The van der Waals surface area contributed by atoms with Gasteiger partial charge in [-0.05, 0) is 24.3 Å². The maximum absolute atomic E-state index is 12.2. The minimum atomic E-state index is -3.75. The van der Waals surface area contributed by atoms with Gasteiger partial charge in [0.15, 0.2) is 5.84 Å². The standard InChI is InChI=1S/C17H17N3O4S/c1-24-15-8-4-2-6-13(15)12-18-20(10-11-21)17-14-7-3-5-9-16(14)25(22,23)19-17/h2-9,12,21H,10-11H2,1H3/b18-12-. The fraction of sp³-hybridized carbons (Fsp3) is 0.176. The largest absolute Gasteiger partial charge is 0.496 e. The number of fused-ring (bicyclic) bond motifs is 1. The van der Waals surface area contributed by atoms with Gasteiger partial charge in [-0.25, -0.2) is 5.01 Å². The van der Waals surface area contributed by atoms with Crippen LogP contribution in [0.15, 0.2) is 62.9 Å². The van der Waals surface area contributed by atoms with Crippen molar-refractivity contribution in [3.63, 3.8) is 0 Å². The van der Waals surface area contributed by atoms with Gasteiger partial charge in [-0.15, -0.1) is 4.40 Å². The molecule has 0 saturated heterocycles. The zero-order valence-electron chi connectivity index (χ0n) is 13.5. The number of methoxy groups -OCH3 is 1. The Bertz CT molecular complexity index is 938. The van der Waals surface area contributed by atoms with Gasteiger partial charge in [-0.3, -0.25) is 0 Å². The molecule has 0 fully saturated rings. The highest BCUT2D eigenvalue weighted by Gasteiger charge is 2.31. The highest BCUT2D eigenvalue weighted by molar-refractivity contribution is 7.90. The van der Waals surface area contributed by atoms with Crippen LogP contribution in [-0.2, 0) is 10.0 Å². The van der Waals surface area contributed by atoms with Gasteiger partial charge in [0.25, 0.3) is 10.0 Å². The lowest BCUT2D eigenvalue weighted by atomic mass is 10.2. The maximum atomic E-state index is 12.2. The summed E-state index contributed by atoms with van der Waals surface area (Å²) >= 11 is 0. The van der Waals surface area contributed by atoms with Crippen molar-refractivity contribution >= 4 is 22.1 Å². The van der Waals surface area contributed by atoms with E-state index in [-0.39, 0.29) is 23.9 Å². The van der Waals surface area contributed by atoms with Gasteiger partial charge in [-0.2, -0.15) is 13.5 Å². The highest BCUT2D eigenvalue weighted by atomic mass is 32.2. The molecule has 2 aromatic carbocycles. The van der Waals surface area contributed by atoms with Crippen LogP contribution in [0.5, 0.6) is 5.75 Å². The Balaban J connectivity index is 1.99. The number of sulfonamides is 1. The van der Waals surface area contributed by atoms with Gasteiger partial charge in [0.05, 0.1) is 26.5 Å². The lowest BCUT2D eigenvalue weighted by molar-refractivity contribution is 0.254. The molecule has 130 valence electrons. The summed E-state index contributed by atoms with van der Waals surface area (Å²) in [6, 6.07) is 13.8. The van der Waals surface area contributed by atoms with Crippen molar-refractivity contribution < 1.29 is 18.3 Å². The molecule has 1 aliphatic heterocycles. The van der Waals surface area contributed by atoms with Gasteiger partial charge in [0.2, 0.25) is 0 Å². The predicted octanol–water partition coefficient (Wildman–Crippen LogP) is 1.47. The molecule has 1 N–H and O–H groups in total. The number of hydrogen-bond acceptors (Lipinski definition) is 6. The molecule has 0 radical (unpaired) electrons. The number of rotatable bonds is 5. The molecule has 0 saturated carbocycles. The predicted molar refractivity (Wildman–Crippen MR) is 94.5 cm³/mol. The van der Waals surface area contributed by atoms with E-state index in [0.29, 0.717) is 11.3 Å². The zero-order chi connectivity index (χ0) is 17.9. The molecule has 0 amide bonds. The Morgan fingerprint density at radius 1 is 1.20 bits per heavy atom. The fourth-order valence-corrected chi connectivity index (χ4v) is 3.70. The van der Waals surface area contributed by atoms with E-state index >= 15 is 0 Å². The topological polar surface area (TPSA) is 91.6 Å². The molecule has 0 aromatic heterocycles. The molecule has 0 bridgehead atoms. The average molecular weight is 359 g/mol. The first-order valence-corrected chi connectivity index (χ1v) is 9.00. The van der Waals surface area contributed by atoms with Gasteiger partial charge < -0.3 is 9.84 Å². The van der Waals surface area contributed by atoms with Crippen LogP contribution in [-0.4, -0.2) is 50.8 Å². The quantitative estimate of drug-likeness (QED) is 0.645. The summed E-state index contributed by atoms with van der Waals surface area (Å²) in [5.74, 6) is 0.826. The third-order valence-corrected chi connectivity index (χ3v) is 4.97. The van der Waals surface area contributed by atoms with Crippen LogP contribution in [0.3, 0.4) is 0 Å². The molecule has 25 heavy (non-hydrogen) atoms. The minimum absolute atomic E-state index is 0.105. The van der Waals surface area contributed by atoms with Gasteiger partial charge >= 0.3 is 0 Å². The van der Waals surface area contributed by atoms with E-state index in [9.17, 15) is 13.5 Å². The number of ether oxygens (including phenoxy) is 1. The van der Waals surface area contributed by atoms with E-state index in [4.69, 9.17) is 4.74 Å². The average Bonchev–Trinajstić information content (AvgIpc) is 2.90. The number of aliphatic hydroxyl groups excluding tert-OH is 1. The molecule has 3 rings (SSSR count). The first-order chi connectivity index (χ1) is 12.1. The van der Waals surface area contributed by atoms with Crippen molar-refractivity contribution in [1.82, 2.24) is 5.01 Å². The summed E-state index contributed by atoms with van der Waals surface area (Å²) in [5, 5.41) is 15.0. The molecular formula is C17H17N3O4S. The first kappa shape index (κ1) is 17.1. The van der Waals surface area contributed by atoms with Gasteiger partial charge in [-0.1, -0.05) is 24.3 Å². The van der Waals surface area contributed by atoms with Crippen LogP contribution in [0.1, 0.15) is 11.1 Å². The number of para-hydroxylation sites is 1. The Labute approximate surface area is 145 Å². The lowest BCUT2D eigenvalue weighted by Gasteiger charge is -2.17. The molecule has 0 atom stereocenters. The van der Waals surface area contributed by atoms with E-state index < -0.39 is 10.0 Å². The SMILES string of the molecule is COc1ccccc1/C=N\N(CCO)C1=NS(=O)(=O)c2ccccc21. The van der Waals surface area contributed by atoms with Gasteiger partial charge in [0.1, 0.15) is 10.6 Å². The number of hydrazone groups is 1. The molecule has 1 heterocycles. The van der Waals surface area contributed by atoms with E-state index in [2.05, 4.69) is 9.50 Å². The minimum Gasteiger partial charge on any atom is -0.496 e. The summed E-state index contributed by atoms with van der Waals surface area (Å²) in [4.78, 5) is 0.139. The molecule has 7 nitrogen and oxygen atoms in total. The van der Waals surface area contributed by atoms with Crippen LogP contribution >= 0.6 is 0 Å². The number of benzene rings is 2. The Morgan fingerprint density at radius 2 is 1.92 bits per heavy atom. The van der Waals surface area contributed by atoms with Crippen molar-refractivity contribution in [2.24, 2.45) is 9.50 Å². The maximum Gasteiger partial charge on any atom is 0.285 e. The van der Waals surface area contributed by atoms with E-state index in [1.165, 1.54) is 11.1 Å².